The van der Waals surface area contributed by atoms with Crippen LogP contribution < -0.4 is 0 Å². The smallest absolute Gasteiger partial charge is 0.164 e. The minimum atomic E-state index is -0.0584. The molecule has 1 aromatic heterocycles. The first-order valence-electron chi connectivity index (χ1n) is 26.0. The number of nitrogens with zero attached hydrogens (tertiary/aromatic N) is 3. The fraction of sp³-hybridized carbons (Fsp3) is 0.191. The highest BCUT2D eigenvalue weighted by Gasteiger charge is 2.62. The molecule has 0 radical (unpaired) electrons. The molecule has 6 aliphatic rings. The van der Waals surface area contributed by atoms with E-state index in [0.717, 1.165) is 34.4 Å². The lowest BCUT2D eigenvalue weighted by molar-refractivity contribution is -0.0399. The van der Waals surface area contributed by atoms with Gasteiger partial charge in [0.15, 0.2) is 17.5 Å². The molecule has 10 aromatic carbocycles. The van der Waals surface area contributed by atoms with Crippen molar-refractivity contribution in [3.05, 3.63) is 210 Å². The van der Waals surface area contributed by atoms with E-state index in [0.29, 0.717) is 23.5 Å². The van der Waals surface area contributed by atoms with Gasteiger partial charge in [0, 0.05) is 27.5 Å². The van der Waals surface area contributed by atoms with Crippen LogP contribution in [0.4, 0.5) is 0 Å². The normalized spacial score (nSPS) is 21.8. The van der Waals surface area contributed by atoms with Crippen molar-refractivity contribution in [1.82, 2.24) is 15.0 Å². The Morgan fingerprint density at radius 2 is 0.817 bits per heavy atom. The summed E-state index contributed by atoms with van der Waals surface area (Å²) in [7, 11) is 0. The predicted octanol–water partition coefficient (Wildman–Crippen LogP) is 17.2. The third kappa shape index (κ3) is 5.58. The third-order valence-corrected chi connectivity index (χ3v) is 18.5. The van der Waals surface area contributed by atoms with E-state index < -0.39 is 0 Å². The van der Waals surface area contributed by atoms with Crippen LogP contribution in [-0.4, -0.2) is 15.0 Å². The Morgan fingerprint density at radius 1 is 0.338 bits per heavy atom. The first kappa shape index (κ1) is 40.0. The van der Waals surface area contributed by atoms with Gasteiger partial charge in [-0.3, -0.25) is 0 Å². The lowest BCUT2D eigenvalue weighted by Crippen LogP contribution is -2.55. The molecular formula is C68H51N3. The molecule has 0 N–H and O–H groups in total. The van der Waals surface area contributed by atoms with Gasteiger partial charge in [-0.25, -0.2) is 15.0 Å². The summed E-state index contributed by atoms with van der Waals surface area (Å²) in [5.41, 5.74) is 16.9. The maximum absolute atomic E-state index is 5.55. The summed E-state index contributed by atoms with van der Waals surface area (Å²) in [4.78, 5) is 16.5. The van der Waals surface area contributed by atoms with Crippen LogP contribution in [0.2, 0.25) is 0 Å². The molecule has 71 heavy (non-hydrogen) atoms. The summed E-state index contributed by atoms with van der Waals surface area (Å²) in [6.45, 7) is 4.79. The van der Waals surface area contributed by atoms with Crippen molar-refractivity contribution in [2.75, 3.05) is 0 Å². The van der Waals surface area contributed by atoms with E-state index in [9.17, 15) is 0 Å². The molecule has 0 amide bonds. The number of hydrogen-bond donors (Lipinski definition) is 0. The molecule has 0 aliphatic heterocycles. The topological polar surface area (TPSA) is 38.7 Å². The predicted molar refractivity (Wildman–Crippen MR) is 292 cm³/mol. The SMILES string of the molecule is CC1(C)c2ccccc2-c2ccc(-c3ccc4c(c3)C3(c5cccc(-c6nc(-c7ccc8c(ccc9ccccc98)c7)nc(-c7ccc8c(ccc9ccccc98)c7)n6)c5-4)C4CC5CC(C4)CC3C5)cc21. The van der Waals surface area contributed by atoms with Crippen LogP contribution in [0.5, 0.6) is 0 Å². The summed E-state index contributed by atoms with van der Waals surface area (Å²) in [6.07, 6.45) is 6.70. The van der Waals surface area contributed by atoms with Crippen LogP contribution in [0.3, 0.4) is 0 Å². The summed E-state index contributed by atoms with van der Waals surface area (Å²) in [5.74, 6) is 5.03. The van der Waals surface area contributed by atoms with Crippen molar-refractivity contribution < 1.29 is 0 Å². The Balaban J connectivity index is 0.904. The minimum absolute atomic E-state index is 0.0444. The van der Waals surface area contributed by atoms with Gasteiger partial charge >= 0.3 is 0 Å². The molecule has 17 rings (SSSR count). The Morgan fingerprint density at radius 3 is 1.46 bits per heavy atom. The molecular weight excluding hydrogens is 859 g/mol. The molecule has 1 spiro atoms. The molecule has 0 saturated heterocycles. The van der Waals surface area contributed by atoms with Gasteiger partial charge in [0.1, 0.15) is 0 Å². The summed E-state index contributed by atoms with van der Waals surface area (Å²) >= 11 is 0. The molecule has 4 saturated carbocycles. The highest BCUT2D eigenvalue weighted by Crippen LogP contribution is 2.70. The molecule has 338 valence electrons. The quantitative estimate of drug-likeness (QED) is 0.165. The Kier molecular flexibility index (Phi) is 8.13. The molecule has 0 atom stereocenters. The lowest BCUT2D eigenvalue weighted by atomic mass is 9.43. The van der Waals surface area contributed by atoms with Crippen molar-refractivity contribution in [3.63, 3.8) is 0 Å². The zero-order valence-corrected chi connectivity index (χ0v) is 40.1. The van der Waals surface area contributed by atoms with Crippen molar-refractivity contribution in [2.45, 2.75) is 56.8 Å². The van der Waals surface area contributed by atoms with Crippen LogP contribution >= 0.6 is 0 Å². The van der Waals surface area contributed by atoms with E-state index in [1.807, 2.05) is 0 Å². The van der Waals surface area contributed by atoms with Gasteiger partial charge in [0.2, 0.25) is 0 Å². The van der Waals surface area contributed by atoms with Crippen LogP contribution in [-0.2, 0) is 10.8 Å². The number of aromatic nitrogens is 3. The summed E-state index contributed by atoms with van der Waals surface area (Å²) in [5, 5.41) is 9.80. The molecule has 11 aromatic rings. The second kappa shape index (κ2) is 14.4. The van der Waals surface area contributed by atoms with Crippen molar-refractivity contribution >= 4 is 43.1 Å². The van der Waals surface area contributed by atoms with Crippen LogP contribution in [0.25, 0.3) is 111 Å². The second-order valence-corrected chi connectivity index (χ2v) is 22.3. The van der Waals surface area contributed by atoms with Crippen LogP contribution in [0.1, 0.15) is 68.2 Å². The molecule has 6 aliphatic carbocycles. The number of hydrogen-bond acceptors (Lipinski definition) is 3. The van der Waals surface area contributed by atoms with E-state index in [1.165, 1.54) is 131 Å². The van der Waals surface area contributed by atoms with Gasteiger partial charge < -0.3 is 0 Å². The van der Waals surface area contributed by atoms with Gasteiger partial charge in [-0.15, -0.1) is 0 Å². The minimum Gasteiger partial charge on any atom is -0.208 e. The fourth-order valence-corrected chi connectivity index (χ4v) is 15.6. The summed E-state index contributed by atoms with van der Waals surface area (Å²) in [6, 6.07) is 70.6. The van der Waals surface area contributed by atoms with E-state index in [-0.39, 0.29) is 10.8 Å². The van der Waals surface area contributed by atoms with E-state index in [4.69, 9.17) is 15.0 Å². The Hall–Kier alpha value is -7.75. The Labute approximate surface area is 414 Å². The van der Waals surface area contributed by atoms with E-state index in [1.54, 1.807) is 0 Å². The molecule has 3 heteroatoms. The highest BCUT2D eigenvalue weighted by atomic mass is 15.0. The van der Waals surface area contributed by atoms with Gasteiger partial charge in [-0.05, 0) is 179 Å². The molecule has 1 heterocycles. The average Bonchev–Trinajstić information content (AvgIpc) is 3.86. The number of fused-ring (bicyclic) bond motifs is 12. The van der Waals surface area contributed by atoms with Gasteiger partial charge in [-0.2, -0.15) is 0 Å². The maximum atomic E-state index is 5.55. The highest BCUT2D eigenvalue weighted by molar-refractivity contribution is 6.09. The average molecular weight is 910 g/mol. The van der Waals surface area contributed by atoms with Gasteiger partial charge in [0.25, 0.3) is 0 Å². The maximum Gasteiger partial charge on any atom is 0.164 e. The first-order chi connectivity index (χ1) is 34.9. The standard InChI is InChI=1S/C68H51N3/c1-67(2)59-16-8-7-14-55(59)56-28-22-43(37-61(56)67)44-23-29-57-62(38-44)68(49-31-39-30-40(33-49)34-50(68)32-39)60-17-9-15-58(63(57)60)66-70-64(47-24-26-53-45(35-47)20-18-41-10-3-5-12-51(41)53)69-65(71-66)48-25-27-54-46(36-48)21-19-42-11-4-6-13-52(42)54/h3-29,35-40,49-50H,30-34H2,1-2H3. The number of benzene rings is 10. The second-order valence-electron chi connectivity index (χ2n) is 22.3. The van der Waals surface area contributed by atoms with Crippen LogP contribution in [0, 0.1) is 23.7 Å². The fourth-order valence-electron chi connectivity index (χ4n) is 15.6. The first-order valence-corrected chi connectivity index (χ1v) is 26.0. The monoisotopic (exact) mass is 909 g/mol. The van der Waals surface area contributed by atoms with E-state index >= 15 is 0 Å². The van der Waals surface area contributed by atoms with Crippen molar-refractivity contribution in [2.24, 2.45) is 23.7 Å². The molecule has 4 fully saturated rings. The lowest BCUT2D eigenvalue weighted by Gasteiger charge is -2.61. The summed E-state index contributed by atoms with van der Waals surface area (Å²) < 4.78 is 0. The Bertz CT molecular complexity index is 3950. The van der Waals surface area contributed by atoms with Gasteiger partial charge in [-0.1, -0.05) is 178 Å². The molecule has 3 nitrogen and oxygen atoms in total. The third-order valence-electron chi connectivity index (χ3n) is 18.5. The van der Waals surface area contributed by atoms with Crippen molar-refractivity contribution in [1.29, 1.82) is 0 Å². The van der Waals surface area contributed by atoms with Crippen molar-refractivity contribution in [3.8, 4) is 67.5 Å². The number of rotatable bonds is 4. The molecule has 4 bridgehead atoms. The van der Waals surface area contributed by atoms with Crippen LogP contribution in [0.15, 0.2) is 188 Å². The molecule has 0 unspecified atom stereocenters. The van der Waals surface area contributed by atoms with E-state index in [2.05, 4.69) is 202 Å². The largest absolute Gasteiger partial charge is 0.208 e. The zero-order chi connectivity index (χ0) is 46.7. The van der Waals surface area contributed by atoms with Gasteiger partial charge in [0.05, 0.1) is 0 Å². The zero-order valence-electron chi connectivity index (χ0n) is 40.1.